The van der Waals surface area contributed by atoms with E-state index in [0.29, 0.717) is 12.2 Å². The number of anilines is 2. The minimum atomic E-state index is -3.65. The van der Waals surface area contributed by atoms with Crippen molar-refractivity contribution in [2.75, 3.05) is 29.8 Å². The lowest BCUT2D eigenvalue weighted by Crippen LogP contribution is -2.47. The van der Waals surface area contributed by atoms with Crippen LogP contribution in [0.15, 0.2) is 47.4 Å². The van der Waals surface area contributed by atoms with E-state index in [-0.39, 0.29) is 10.9 Å². The second-order valence-electron chi connectivity index (χ2n) is 6.61. The van der Waals surface area contributed by atoms with Gasteiger partial charge < -0.3 is 4.90 Å². The van der Waals surface area contributed by atoms with E-state index in [0.717, 1.165) is 29.8 Å². The van der Waals surface area contributed by atoms with Crippen LogP contribution in [0, 0.1) is 13.8 Å². The van der Waals surface area contributed by atoms with Crippen molar-refractivity contribution < 1.29 is 13.2 Å². The first-order valence-corrected chi connectivity index (χ1v) is 9.99. The second kappa shape index (κ2) is 6.99. The molecule has 1 aliphatic rings. The third-order valence-electron chi connectivity index (χ3n) is 4.65. The maximum absolute atomic E-state index is 12.6. The fourth-order valence-electron chi connectivity index (χ4n) is 2.91. The van der Waals surface area contributed by atoms with Gasteiger partial charge in [0.15, 0.2) is 0 Å². The average molecular weight is 373 g/mol. The molecular weight excluding hydrogens is 350 g/mol. The highest BCUT2D eigenvalue weighted by atomic mass is 32.2. The SMILES string of the molecule is Cc1ccc(S(=O)(=O)Nc2ccc(N3CCCN(C)C3=O)cc2)cc1C. The Labute approximate surface area is 154 Å². The van der Waals surface area contributed by atoms with Gasteiger partial charge in [-0.05, 0) is 67.8 Å². The number of aryl methyl sites for hydroxylation is 2. The Morgan fingerprint density at radius 3 is 2.31 bits per heavy atom. The smallest absolute Gasteiger partial charge is 0.324 e. The molecule has 3 rings (SSSR count). The average Bonchev–Trinajstić information content (AvgIpc) is 2.60. The molecule has 0 bridgehead atoms. The monoisotopic (exact) mass is 373 g/mol. The number of carbonyl (C=O) groups excluding carboxylic acids is 1. The number of nitrogens with one attached hydrogen (secondary N) is 1. The van der Waals surface area contributed by atoms with Gasteiger partial charge in [-0.1, -0.05) is 6.07 Å². The molecule has 2 amide bonds. The second-order valence-corrected chi connectivity index (χ2v) is 8.29. The summed E-state index contributed by atoms with van der Waals surface area (Å²) in [6, 6.07) is 11.9. The molecule has 0 radical (unpaired) electrons. The van der Waals surface area contributed by atoms with Gasteiger partial charge in [0, 0.05) is 31.5 Å². The summed E-state index contributed by atoms with van der Waals surface area (Å²) in [6.45, 7) is 5.24. The van der Waals surface area contributed by atoms with E-state index >= 15 is 0 Å². The number of nitrogens with zero attached hydrogens (tertiary/aromatic N) is 2. The largest absolute Gasteiger partial charge is 0.327 e. The zero-order valence-corrected chi connectivity index (χ0v) is 16.0. The van der Waals surface area contributed by atoms with Crippen molar-refractivity contribution in [3.05, 3.63) is 53.6 Å². The van der Waals surface area contributed by atoms with Gasteiger partial charge in [0.25, 0.3) is 10.0 Å². The molecular formula is C19H23N3O3S. The normalized spacial score (nSPS) is 15.3. The molecule has 1 aliphatic heterocycles. The van der Waals surface area contributed by atoms with E-state index in [1.807, 2.05) is 13.8 Å². The number of hydrogen-bond donors (Lipinski definition) is 1. The molecule has 2 aromatic rings. The summed E-state index contributed by atoms with van der Waals surface area (Å²) < 4.78 is 27.7. The van der Waals surface area contributed by atoms with Gasteiger partial charge >= 0.3 is 6.03 Å². The number of benzene rings is 2. The highest BCUT2D eigenvalue weighted by molar-refractivity contribution is 7.92. The molecule has 0 aliphatic carbocycles. The molecule has 1 heterocycles. The van der Waals surface area contributed by atoms with Crippen molar-refractivity contribution in [1.29, 1.82) is 0 Å². The van der Waals surface area contributed by atoms with Crippen LogP contribution >= 0.6 is 0 Å². The molecule has 6 nitrogen and oxygen atoms in total. The minimum absolute atomic E-state index is 0.0419. The lowest BCUT2D eigenvalue weighted by atomic mass is 10.1. The molecule has 0 spiro atoms. The van der Waals surface area contributed by atoms with Gasteiger partial charge in [-0.2, -0.15) is 0 Å². The number of urea groups is 1. The highest BCUT2D eigenvalue weighted by Crippen LogP contribution is 2.24. The van der Waals surface area contributed by atoms with E-state index < -0.39 is 10.0 Å². The Kier molecular flexibility index (Phi) is 4.91. The van der Waals surface area contributed by atoms with Crippen molar-refractivity contribution >= 4 is 27.4 Å². The van der Waals surface area contributed by atoms with Crippen molar-refractivity contribution in [1.82, 2.24) is 4.90 Å². The molecule has 0 atom stereocenters. The summed E-state index contributed by atoms with van der Waals surface area (Å²) in [4.78, 5) is 15.8. The summed E-state index contributed by atoms with van der Waals surface area (Å²) in [7, 11) is -1.87. The lowest BCUT2D eigenvalue weighted by molar-refractivity contribution is 0.207. The van der Waals surface area contributed by atoms with Crippen LogP contribution in [-0.4, -0.2) is 39.5 Å². The number of amides is 2. The Hall–Kier alpha value is -2.54. The Morgan fingerprint density at radius 1 is 0.962 bits per heavy atom. The molecule has 138 valence electrons. The lowest BCUT2D eigenvalue weighted by Gasteiger charge is -2.33. The van der Waals surface area contributed by atoms with Gasteiger partial charge in [-0.15, -0.1) is 0 Å². The van der Waals surface area contributed by atoms with Crippen LogP contribution in [-0.2, 0) is 10.0 Å². The molecule has 26 heavy (non-hydrogen) atoms. The van der Waals surface area contributed by atoms with E-state index in [1.165, 1.54) is 0 Å². The number of rotatable bonds is 4. The zero-order chi connectivity index (χ0) is 18.9. The summed E-state index contributed by atoms with van der Waals surface area (Å²) >= 11 is 0. The molecule has 7 heteroatoms. The van der Waals surface area contributed by atoms with E-state index in [4.69, 9.17) is 0 Å². The van der Waals surface area contributed by atoms with Crippen LogP contribution in [0.1, 0.15) is 17.5 Å². The first-order chi connectivity index (χ1) is 12.3. The van der Waals surface area contributed by atoms with Crippen LogP contribution in [0.25, 0.3) is 0 Å². The van der Waals surface area contributed by atoms with Crippen molar-refractivity contribution in [2.24, 2.45) is 0 Å². The molecule has 1 N–H and O–H groups in total. The maximum Gasteiger partial charge on any atom is 0.324 e. The van der Waals surface area contributed by atoms with Gasteiger partial charge in [0.1, 0.15) is 0 Å². The van der Waals surface area contributed by atoms with Crippen molar-refractivity contribution in [3.63, 3.8) is 0 Å². The molecule has 1 fully saturated rings. The van der Waals surface area contributed by atoms with Crippen LogP contribution in [0.5, 0.6) is 0 Å². The third-order valence-corrected chi connectivity index (χ3v) is 6.03. The summed E-state index contributed by atoms with van der Waals surface area (Å²) in [6.07, 6.45) is 0.906. The van der Waals surface area contributed by atoms with E-state index in [1.54, 1.807) is 59.3 Å². The molecule has 0 aromatic heterocycles. The first-order valence-electron chi connectivity index (χ1n) is 8.51. The van der Waals surface area contributed by atoms with Gasteiger partial charge in [-0.3, -0.25) is 9.62 Å². The number of sulfonamides is 1. The summed E-state index contributed by atoms with van der Waals surface area (Å²) in [5.74, 6) is 0. The Balaban J connectivity index is 1.78. The predicted molar refractivity (Wildman–Crippen MR) is 103 cm³/mol. The molecule has 1 saturated heterocycles. The fraction of sp³-hybridized carbons (Fsp3) is 0.316. The van der Waals surface area contributed by atoms with Crippen LogP contribution in [0.3, 0.4) is 0 Å². The Morgan fingerprint density at radius 2 is 1.65 bits per heavy atom. The van der Waals surface area contributed by atoms with Crippen molar-refractivity contribution in [2.45, 2.75) is 25.2 Å². The summed E-state index contributed by atoms with van der Waals surface area (Å²) in [5, 5.41) is 0. The van der Waals surface area contributed by atoms with Gasteiger partial charge in [-0.25, -0.2) is 13.2 Å². The van der Waals surface area contributed by atoms with E-state index in [9.17, 15) is 13.2 Å². The zero-order valence-electron chi connectivity index (χ0n) is 15.2. The molecule has 0 unspecified atom stereocenters. The fourth-order valence-corrected chi connectivity index (χ4v) is 4.05. The Bertz CT molecular complexity index is 924. The third kappa shape index (κ3) is 3.67. The number of carbonyl (C=O) groups is 1. The summed E-state index contributed by atoms with van der Waals surface area (Å²) in [5.41, 5.74) is 3.20. The number of hydrogen-bond acceptors (Lipinski definition) is 3. The predicted octanol–water partition coefficient (Wildman–Crippen LogP) is 3.37. The van der Waals surface area contributed by atoms with Crippen molar-refractivity contribution in [3.8, 4) is 0 Å². The maximum atomic E-state index is 12.6. The quantitative estimate of drug-likeness (QED) is 0.893. The first kappa shape index (κ1) is 18.3. The molecule has 2 aromatic carbocycles. The minimum Gasteiger partial charge on any atom is -0.327 e. The standard InChI is InChI=1S/C19H23N3O3S/c1-14-5-10-18(13-15(14)2)26(24,25)20-16-6-8-17(9-7-16)22-12-4-11-21(3)19(22)23/h5-10,13,20H,4,11-12H2,1-3H3. The van der Waals surface area contributed by atoms with Gasteiger partial charge in [0.05, 0.1) is 4.90 Å². The highest BCUT2D eigenvalue weighted by Gasteiger charge is 2.24. The van der Waals surface area contributed by atoms with Crippen LogP contribution in [0.4, 0.5) is 16.2 Å². The van der Waals surface area contributed by atoms with Crippen LogP contribution < -0.4 is 9.62 Å². The van der Waals surface area contributed by atoms with Crippen LogP contribution in [0.2, 0.25) is 0 Å². The molecule has 0 saturated carbocycles. The van der Waals surface area contributed by atoms with E-state index in [2.05, 4.69) is 4.72 Å². The van der Waals surface area contributed by atoms with Gasteiger partial charge in [0.2, 0.25) is 0 Å². The topological polar surface area (TPSA) is 69.7 Å².